The van der Waals surface area contributed by atoms with Crippen molar-refractivity contribution in [1.82, 2.24) is 10.6 Å². The topological polar surface area (TPSA) is 78.4 Å². The molecule has 1 aliphatic rings. The van der Waals surface area contributed by atoms with Gasteiger partial charge in [0.25, 0.3) is 0 Å². The number of carboxylic acid groups (broad SMARTS) is 1. The molecule has 1 heterocycles. The van der Waals surface area contributed by atoms with Gasteiger partial charge in [0.2, 0.25) is 0 Å². The van der Waals surface area contributed by atoms with Crippen molar-refractivity contribution < 1.29 is 41.0 Å². The van der Waals surface area contributed by atoms with Gasteiger partial charge in [0.05, 0.1) is 0 Å². The van der Waals surface area contributed by atoms with Gasteiger partial charge >= 0.3 is 24.2 Å². The van der Waals surface area contributed by atoms with Crippen LogP contribution in [0.15, 0.2) is 0 Å². The fourth-order valence-electron chi connectivity index (χ4n) is 1.42. The van der Waals surface area contributed by atoms with Gasteiger partial charge in [-0.25, -0.2) is 4.79 Å². The second-order valence-corrected chi connectivity index (χ2v) is 4.20. The standard InChI is InChI=1S/C8H13F3N2O.C2HF3O2/c9-8(10,11)7(14)13-5-6-1-3-12-4-2-6;3-2(4,5)1(6)7/h6,12H,1-5H2,(H,13,14);(H,6,7). The third kappa shape index (κ3) is 9.10. The molecule has 5 nitrogen and oxygen atoms in total. The molecule has 124 valence electrons. The first kappa shape index (κ1) is 19.5. The monoisotopic (exact) mass is 324 g/mol. The van der Waals surface area contributed by atoms with E-state index in [2.05, 4.69) is 5.32 Å². The number of carboxylic acids is 1. The number of aliphatic carboxylic acids is 1. The van der Waals surface area contributed by atoms with Crippen molar-refractivity contribution >= 4 is 11.9 Å². The van der Waals surface area contributed by atoms with E-state index in [4.69, 9.17) is 9.90 Å². The quantitative estimate of drug-likeness (QED) is 0.669. The van der Waals surface area contributed by atoms with Crippen LogP contribution in [0.5, 0.6) is 0 Å². The van der Waals surface area contributed by atoms with Crippen LogP contribution in [0.1, 0.15) is 12.8 Å². The van der Waals surface area contributed by atoms with Crippen LogP contribution in [0.25, 0.3) is 0 Å². The summed E-state index contributed by atoms with van der Waals surface area (Å²) in [5.41, 5.74) is 0. The Labute approximate surface area is 115 Å². The smallest absolute Gasteiger partial charge is 0.475 e. The van der Waals surface area contributed by atoms with Crippen molar-refractivity contribution in [3.05, 3.63) is 0 Å². The molecule has 3 N–H and O–H groups in total. The molecule has 0 aromatic heterocycles. The van der Waals surface area contributed by atoms with E-state index in [9.17, 15) is 31.1 Å². The van der Waals surface area contributed by atoms with Crippen LogP contribution in [0.2, 0.25) is 0 Å². The van der Waals surface area contributed by atoms with Gasteiger partial charge in [0, 0.05) is 6.54 Å². The Balaban J connectivity index is 0.000000486. The summed E-state index contributed by atoms with van der Waals surface area (Å²) < 4.78 is 67.1. The lowest BCUT2D eigenvalue weighted by atomic mass is 9.98. The van der Waals surface area contributed by atoms with Crippen molar-refractivity contribution in [1.29, 1.82) is 0 Å². The third-order valence-corrected chi connectivity index (χ3v) is 2.51. The number of halogens is 6. The summed E-state index contributed by atoms with van der Waals surface area (Å²) in [4.78, 5) is 19.4. The van der Waals surface area contributed by atoms with Gasteiger partial charge in [-0.15, -0.1) is 0 Å². The van der Waals surface area contributed by atoms with E-state index in [1.807, 2.05) is 5.32 Å². The number of piperidine rings is 1. The highest BCUT2D eigenvalue weighted by Gasteiger charge is 2.39. The molecule has 0 radical (unpaired) electrons. The molecule has 0 aromatic rings. The second kappa shape index (κ2) is 8.05. The molecular weight excluding hydrogens is 310 g/mol. The lowest BCUT2D eigenvalue weighted by Gasteiger charge is -2.22. The number of carbonyl (C=O) groups is 2. The number of nitrogens with one attached hydrogen (secondary N) is 2. The Morgan fingerprint density at radius 3 is 1.81 bits per heavy atom. The number of amides is 1. The third-order valence-electron chi connectivity index (χ3n) is 2.51. The van der Waals surface area contributed by atoms with E-state index in [0.29, 0.717) is 0 Å². The molecule has 0 saturated carbocycles. The number of alkyl halides is 6. The summed E-state index contributed by atoms with van der Waals surface area (Å²) >= 11 is 0. The van der Waals surface area contributed by atoms with Gasteiger partial charge in [-0.3, -0.25) is 4.79 Å². The zero-order chi connectivity index (χ0) is 16.7. The van der Waals surface area contributed by atoms with Gasteiger partial charge in [0.1, 0.15) is 0 Å². The highest BCUT2D eigenvalue weighted by atomic mass is 19.4. The van der Waals surface area contributed by atoms with Gasteiger partial charge in [0.15, 0.2) is 0 Å². The van der Waals surface area contributed by atoms with Crippen molar-refractivity contribution in [2.45, 2.75) is 25.2 Å². The lowest BCUT2D eigenvalue weighted by molar-refractivity contribution is -0.192. The van der Waals surface area contributed by atoms with Crippen molar-refractivity contribution in [3.8, 4) is 0 Å². The zero-order valence-corrected chi connectivity index (χ0v) is 10.6. The molecule has 0 atom stereocenters. The molecule has 21 heavy (non-hydrogen) atoms. The Morgan fingerprint density at radius 1 is 1.05 bits per heavy atom. The summed E-state index contributed by atoms with van der Waals surface area (Å²) in [6.07, 6.45) is -8.21. The highest BCUT2D eigenvalue weighted by molar-refractivity contribution is 5.81. The highest BCUT2D eigenvalue weighted by Crippen LogP contribution is 2.15. The summed E-state index contributed by atoms with van der Waals surface area (Å²) in [6, 6.07) is 0. The molecule has 0 spiro atoms. The minimum Gasteiger partial charge on any atom is -0.475 e. The van der Waals surface area contributed by atoms with Crippen molar-refractivity contribution in [3.63, 3.8) is 0 Å². The second-order valence-electron chi connectivity index (χ2n) is 4.20. The van der Waals surface area contributed by atoms with E-state index < -0.39 is 24.2 Å². The fourth-order valence-corrected chi connectivity index (χ4v) is 1.42. The average Bonchev–Trinajstić information content (AvgIpc) is 2.35. The molecule has 1 amide bonds. The van der Waals surface area contributed by atoms with Crippen LogP contribution in [-0.2, 0) is 9.59 Å². The van der Waals surface area contributed by atoms with E-state index in [1.165, 1.54) is 0 Å². The van der Waals surface area contributed by atoms with Gasteiger partial charge in [-0.05, 0) is 31.8 Å². The van der Waals surface area contributed by atoms with Gasteiger partial charge in [-0.2, -0.15) is 26.3 Å². The summed E-state index contributed by atoms with van der Waals surface area (Å²) in [5, 5.41) is 12.1. The Bertz CT molecular complexity index is 350. The molecule has 0 aromatic carbocycles. The van der Waals surface area contributed by atoms with E-state index in [1.54, 1.807) is 0 Å². The Kier molecular flexibility index (Phi) is 7.47. The molecule has 1 aliphatic heterocycles. The molecular formula is C10H14F6N2O3. The van der Waals surface area contributed by atoms with Crippen LogP contribution >= 0.6 is 0 Å². The predicted molar refractivity (Wildman–Crippen MR) is 58.3 cm³/mol. The normalized spacial score (nSPS) is 16.7. The fraction of sp³-hybridized carbons (Fsp3) is 0.800. The lowest BCUT2D eigenvalue weighted by Crippen LogP contribution is -2.41. The Hall–Kier alpha value is -1.52. The molecule has 0 bridgehead atoms. The number of rotatable bonds is 2. The molecule has 1 rings (SSSR count). The average molecular weight is 324 g/mol. The summed E-state index contributed by atoms with van der Waals surface area (Å²) in [6.45, 7) is 1.75. The largest absolute Gasteiger partial charge is 0.490 e. The van der Waals surface area contributed by atoms with E-state index in [0.717, 1.165) is 25.9 Å². The predicted octanol–water partition coefficient (Wildman–Crippen LogP) is 1.30. The van der Waals surface area contributed by atoms with Crippen molar-refractivity contribution in [2.24, 2.45) is 5.92 Å². The van der Waals surface area contributed by atoms with Crippen LogP contribution < -0.4 is 10.6 Å². The summed E-state index contributed by atoms with van der Waals surface area (Å²) in [5.74, 6) is -4.42. The van der Waals surface area contributed by atoms with Crippen LogP contribution in [-0.4, -0.2) is 49.0 Å². The SMILES string of the molecule is O=C(NCC1CCNCC1)C(F)(F)F.O=C(O)C(F)(F)F. The summed E-state index contributed by atoms with van der Waals surface area (Å²) in [7, 11) is 0. The molecule has 1 saturated heterocycles. The van der Waals surface area contributed by atoms with Crippen LogP contribution in [0.4, 0.5) is 26.3 Å². The molecule has 1 fully saturated rings. The minimum absolute atomic E-state index is 0.125. The number of hydrogen-bond acceptors (Lipinski definition) is 3. The Morgan fingerprint density at radius 2 is 1.48 bits per heavy atom. The maximum atomic E-state index is 11.8. The maximum absolute atomic E-state index is 11.8. The van der Waals surface area contributed by atoms with Gasteiger partial charge in [-0.1, -0.05) is 0 Å². The van der Waals surface area contributed by atoms with E-state index >= 15 is 0 Å². The number of carbonyl (C=O) groups excluding carboxylic acids is 1. The van der Waals surface area contributed by atoms with Gasteiger partial charge < -0.3 is 15.7 Å². The van der Waals surface area contributed by atoms with Crippen LogP contribution in [0.3, 0.4) is 0 Å². The van der Waals surface area contributed by atoms with E-state index in [-0.39, 0.29) is 12.5 Å². The van der Waals surface area contributed by atoms with Crippen molar-refractivity contribution in [2.75, 3.05) is 19.6 Å². The molecule has 11 heteroatoms. The molecule has 0 unspecified atom stereocenters. The molecule has 0 aliphatic carbocycles. The number of hydrogen-bond donors (Lipinski definition) is 3. The zero-order valence-electron chi connectivity index (χ0n) is 10.6. The first-order chi connectivity index (χ1) is 9.44. The first-order valence-electron chi connectivity index (χ1n) is 5.80. The van der Waals surface area contributed by atoms with Crippen LogP contribution in [0, 0.1) is 5.92 Å². The minimum atomic E-state index is -5.08. The maximum Gasteiger partial charge on any atom is 0.490 e. The first-order valence-corrected chi connectivity index (χ1v) is 5.80.